The molecule has 1 aromatic carbocycles. The summed E-state index contributed by atoms with van der Waals surface area (Å²) in [7, 11) is -3.49. The molecule has 0 aromatic heterocycles. The third-order valence-corrected chi connectivity index (χ3v) is 6.59. The van der Waals surface area contributed by atoms with E-state index < -0.39 is 10.0 Å². The van der Waals surface area contributed by atoms with Gasteiger partial charge in [-0.15, -0.1) is 0 Å². The van der Waals surface area contributed by atoms with Crippen molar-refractivity contribution in [3.8, 4) is 0 Å². The van der Waals surface area contributed by atoms with Crippen molar-refractivity contribution in [1.82, 2.24) is 4.31 Å². The van der Waals surface area contributed by atoms with E-state index in [-0.39, 0.29) is 11.5 Å². The van der Waals surface area contributed by atoms with Gasteiger partial charge < -0.3 is 0 Å². The zero-order valence-electron chi connectivity index (χ0n) is 15.4. The molecule has 1 fully saturated rings. The fourth-order valence-electron chi connectivity index (χ4n) is 3.75. The molecule has 128 valence electrons. The lowest BCUT2D eigenvalue weighted by Crippen LogP contribution is -2.36. The first-order valence-corrected chi connectivity index (χ1v) is 9.63. The average Bonchev–Trinajstić information content (AvgIpc) is 2.62. The summed E-state index contributed by atoms with van der Waals surface area (Å²) in [5.41, 5.74) is 3.93. The Hall–Kier alpha value is -1.13. The molecule has 0 spiro atoms. The van der Waals surface area contributed by atoms with Crippen molar-refractivity contribution in [3.63, 3.8) is 0 Å². The van der Waals surface area contributed by atoms with Crippen molar-refractivity contribution in [2.45, 2.75) is 65.8 Å². The van der Waals surface area contributed by atoms with Crippen LogP contribution in [0.5, 0.6) is 0 Å². The average molecular weight is 336 g/mol. The first-order chi connectivity index (χ1) is 10.4. The van der Waals surface area contributed by atoms with E-state index in [1.807, 2.05) is 46.8 Å². The summed E-state index contributed by atoms with van der Waals surface area (Å²) in [4.78, 5) is 0.480. The van der Waals surface area contributed by atoms with E-state index in [1.54, 1.807) is 4.31 Å². The monoisotopic (exact) mass is 335 g/mol. The molecule has 0 N–H and O–H groups in total. The fraction of sp³-hybridized carbons (Fsp3) is 0.579. The van der Waals surface area contributed by atoms with Crippen LogP contribution in [0.4, 0.5) is 0 Å². The molecule has 2 rings (SSSR count). The normalized spacial score (nSPS) is 21.4. The number of hydrogen-bond acceptors (Lipinski definition) is 2. The molecule has 4 heteroatoms. The van der Waals surface area contributed by atoms with Gasteiger partial charge in [-0.3, -0.25) is 0 Å². The van der Waals surface area contributed by atoms with Crippen molar-refractivity contribution in [2.24, 2.45) is 5.41 Å². The molecular formula is C19H29NO2S. The SMILES string of the molecule is CC(C)=C[C@H]1CC(C)(C)CN1S(=O)(=O)c1c(C)cc(C)cc1C. The molecular weight excluding hydrogens is 306 g/mol. The first-order valence-electron chi connectivity index (χ1n) is 8.19. The van der Waals surface area contributed by atoms with Gasteiger partial charge in [-0.05, 0) is 57.6 Å². The van der Waals surface area contributed by atoms with Gasteiger partial charge in [-0.2, -0.15) is 4.31 Å². The summed E-state index contributed by atoms with van der Waals surface area (Å²) in [6, 6.07) is 3.86. The molecule has 0 bridgehead atoms. The number of hydrogen-bond donors (Lipinski definition) is 0. The van der Waals surface area contributed by atoms with Gasteiger partial charge in [0, 0.05) is 12.6 Å². The highest BCUT2D eigenvalue weighted by molar-refractivity contribution is 7.89. The van der Waals surface area contributed by atoms with E-state index in [0.29, 0.717) is 11.4 Å². The van der Waals surface area contributed by atoms with Gasteiger partial charge in [0.1, 0.15) is 0 Å². The first kappa shape index (κ1) is 18.2. The van der Waals surface area contributed by atoms with Crippen LogP contribution < -0.4 is 0 Å². The molecule has 0 saturated carbocycles. The van der Waals surface area contributed by atoms with Crippen LogP contribution in [0.2, 0.25) is 0 Å². The van der Waals surface area contributed by atoms with Crippen molar-refractivity contribution in [2.75, 3.05) is 6.54 Å². The van der Waals surface area contributed by atoms with Crippen LogP contribution in [0, 0.1) is 26.2 Å². The lowest BCUT2D eigenvalue weighted by molar-refractivity contribution is 0.373. The fourth-order valence-corrected chi connectivity index (χ4v) is 5.93. The largest absolute Gasteiger partial charge is 0.244 e. The lowest BCUT2D eigenvalue weighted by Gasteiger charge is -2.25. The van der Waals surface area contributed by atoms with E-state index in [4.69, 9.17) is 0 Å². The van der Waals surface area contributed by atoms with Crippen molar-refractivity contribution >= 4 is 10.0 Å². The number of sulfonamides is 1. The second kappa shape index (κ2) is 6.06. The summed E-state index contributed by atoms with van der Waals surface area (Å²) in [6.45, 7) is 14.7. The summed E-state index contributed by atoms with van der Waals surface area (Å²) in [5, 5.41) is 0. The van der Waals surface area contributed by atoms with Crippen LogP contribution in [0.25, 0.3) is 0 Å². The third-order valence-electron chi connectivity index (χ3n) is 4.41. The maximum Gasteiger partial charge on any atom is 0.244 e. The Morgan fingerprint density at radius 1 is 1.17 bits per heavy atom. The standard InChI is InChI=1S/C19H29NO2S/c1-13(2)8-17-11-19(6,7)12-20(17)23(21,22)18-15(4)9-14(3)10-16(18)5/h8-10,17H,11-12H2,1-7H3/t17-/m0/s1. The molecule has 0 amide bonds. The smallest absolute Gasteiger partial charge is 0.207 e. The van der Waals surface area contributed by atoms with Gasteiger partial charge in [0.05, 0.1) is 4.90 Å². The van der Waals surface area contributed by atoms with Crippen molar-refractivity contribution < 1.29 is 8.42 Å². The highest BCUT2D eigenvalue weighted by Crippen LogP contribution is 2.39. The lowest BCUT2D eigenvalue weighted by atomic mass is 9.90. The Balaban J connectivity index is 2.56. The maximum atomic E-state index is 13.4. The molecule has 3 nitrogen and oxygen atoms in total. The van der Waals surface area contributed by atoms with Gasteiger partial charge in [-0.1, -0.05) is 43.2 Å². The highest BCUT2D eigenvalue weighted by Gasteiger charge is 2.43. The summed E-state index contributed by atoms with van der Waals surface area (Å²) in [5.74, 6) is 0. The number of aryl methyl sites for hydroxylation is 3. The second-order valence-corrected chi connectivity index (χ2v) is 9.79. The minimum atomic E-state index is -3.49. The molecule has 1 heterocycles. The van der Waals surface area contributed by atoms with E-state index in [9.17, 15) is 8.42 Å². The number of benzene rings is 1. The molecule has 1 aromatic rings. The van der Waals surface area contributed by atoms with Gasteiger partial charge in [0.15, 0.2) is 0 Å². The third kappa shape index (κ3) is 3.69. The van der Waals surface area contributed by atoms with Gasteiger partial charge in [-0.25, -0.2) is 8.42 Å². The van der Waals surface area contributed by atoms with E-state index in [1.165, 1.54) is 0 Å². The minimum Gasteiger partial charge on any atom is -0.207 e. The second-order valence-electron chi connectivity index (χ2n) is 7.96. The molecule has 1 aliphatic rings. The molecule has 1 atom stereocenters. The molecule has 0 aliphatic carbocycles. The molecule has 1 aliphatic heterocycles. The molecule has 0 radical (unpaired) electrons. The predicted molar refractivity (Wildman–Crippen MR) is 96.2 cm³/mol. The Kier molecular flexibility index (Phi) is 4.80. The van der Waals surface area contributed by atoms with Crippen LogP contribution in [0.1, 0.15) is 50.8 Å². The zero-order valence-corrected chi connectivity index (χ0v) is 16.2. The van der Waals surface area contributed by atoms with Crippen LogP contribution >= 0.6 is 0 Å². The Bertz CT molecular complexity index is 718. The number of allylic oxidation sites excluding steroid dienone is 1. The topological polar surface area (TPSA) is 37.4 Å². The maximum absolute atomic E-state index is 13.4. The molecule has 23 heavy (non-hydrogen) atoms. The zero-order chi connectivity index (χ0) is 17.6. The summed E-state index contributed by atoms with van der Waals surface area (Å²) >= 11 is 0. The van der Waals surface area contributed by atoms with Crippen molar-refractivity contribution in [3.05, 3.63) is 40.5 Å². The molecule has 1 saturated heterocycles. The van der Waals surface area contributed by atoms with E-state index in [0.717, 1.165) is 28.7 Å². The quantitative estimate of drug-likeness (QED) is 0.769. The van der Waals surface area contributed by atoms with Gasteiger partial charge >= 0.3 is 0 Å². The Morgan fingerprint density at radius 2 is 1.70 bits per heavy atom. The molecule has 0 unspecified atom stereocenters. The van der Waals surface area contributed by atoms with Crippen LogP contribution in [-0.2, 0) is 10.0 Å². The predicted octanol–water partition coefficient (Wildman–Crippen LogP) is 4.37. The number of rotatable bonds is 3. The Labute approximate surface area is 141 Å². The van der Waals surface area contributed by atoms with Gasteiger partial charge in [0.25, 0.3) is 0 Å². The highest BCUT2D eigenvalue weighted by atomic mass is 32.2. The van der Waals surface area contributed by atoms with Gasteiger partial charge in [0.2, 0.25) is 10.0 Å². The minimum absolute atomic E-state index is 0.00378. The van der Waals surface area contributed by atoms with E-state index in [2.05, 4.69) is 19.9 Å². The Morgan fingerprint density at radius 3 is 2.17 bits per heavy atom. The van der Waals surface area contributed by atoms with E-state index >= 15 is 0 Å². The summed E-state index contributed by atoms with van der Waals surface area (Å²) in [6.07, 6.45) is 2.95. The van der Waals surface area contributed by atoms with Crippen LogP contribution in [0.15, 0.2) is 28.7 Å². The summed E-state index contributed by atoms with van der Waals surface area (Å²) < 4.78 is 28.4. The van der Waals surface area contributed by atoms with Crippen LogP contribution in [-0.4, -0.2) is 25.3 Å². The van der Waals surface area contributed by atoms with Crippen LogP contribution in [0.3, 0.4) is 0 Å². The van der Waals surface area contributed by atoms with Crippen molar-refractivity contribution in [1.29, 1.82) is 0 Å². The number of nitrogens with zero attached hydrogens (tertiary/aromatic N) is 1.